The third-order valence-electron chi connectivity index (χ3n) is 6.44. The van der Waals surface area contributed by atoms with Crippen molar-refractivity contribution >= 4 is 40.5 Å². The summed E-state index contributed by atoms with van der Waals surface area (Å²) in [7, 11) is 0. The minimum absolute atomic E-state index is 0.127. The number of amides is 2. The van der Waals surface area contributed by atoms with Crippen LogP contribution >= 0.6 is 11.6 Å². The van der Waals surface area contributed by atoms with Crippen LogP contribution in [-0.4, -0.2) is 64.3 Å². The van der Waals surface area contributed by atoms with Crippen molar-refractivity contribution in [2.45, 2.75) is 63.8 Å². The van der Waals surface area contributed by atoms with E-state index in [-0.39, 0.29) is 25.5 Å². The molecule has 1 saturated carbocycles. The summed E-state index contributed by atoms with van der Waals surface area (Å²) in [5, 5.41) is 4.16. The normalized spacial score (nSPS) is 24.9. The second kappa shape index (κ2) is 10.2. The lowest BCUT2D eigenvalue weighted by Crippen LogP contribution is -2.53. The van der Waals surface area contributed by atoms with Crippen molar-refractivity contribution < 1.29 is 28.6 Å². The van der Waals surface area contributed by atoms with Gasteiger partial charge in [-0.25, -0.2) is 9.59 Å². The number of halogens is 1. The maximum Gasteiger partial charge on any atom is 0.411 e. The molecule has 1 aromatic carbocycles. The number of fused-ring (bicyclic) bond motifs is 1. The highest BCUT2D eigenvalue weighted by Crippen LogP contribution is 2.45. The molecule has 1 unspecified atom stereocenters. The molecule has 4 rings (SSSR count). The number of rotatable bonds is 7. The van der Waals surface area contributed by atoms with E-state index in [1.807, 2.05) is 6.07 Å². The Hall–Kier alpha value is -3.33. The van der Waals surface area contributed by atoms with Crippen LogP contribution in [-0.2, 0) is 19.1 Å². The number of nitrogens with one attached hydrogen (secondary N) is 1. The van der Waals surface area contributed by atoms with E-state index in [2.05, 4.69) is 16.9 Å². The van der Waals surface area contributed by atoms with Gasteiger partial charge in [0.15, 0.2) is 0 Å². The molecule has 9 nitrogen and oxygen atoms in total. The van der Waals surface area contributed by atoms with Gasteiger partial charge >= 0.3 is 12.1 Å². The van der Waals surface area contributed by atoms with Crippen LogP contribution in [0.4, 0.5) is 4.79 Å². The summed E-state index contributed by atoms with van der Waals surface area (Å²) >= 11 is 6.10. The van der Waals surface area contributed by atoms with Gasteiger partial charge in [-0.1, -0.05) is 17.7 Å². The van der Waals surface area contributed by atoms with Crippen LogP contribution in [0.15, 0.2) is 43.1 Å². The Morgan fingerprint density at radius 1 is 1.30 bits per heavy atom. The van der Waals surface area contributed by atoms with Gasteiger partial charge < -0.3 is 19.5 Å². The van der Waals surface area contributed by atoms with E-state index in [0.29, 0.717) is 22.7 Å². The molecule has 198 valence electrons. The fraction of sp³-hybridized carbons (Fsp3) is 0.481. The Bertz CT molecular complexity index is 1230. The number of carbonyl (C=O) groups excluding carboxylic acids is 3. The molecule has 0 spiro atoms. The monoisotopic (exact) mass is 529 g/mol. The summed E-state index contributed by atoms with van der Waals surface area (Å²) in [6, 6.07) is 6.13. The highest BCUT2D eigenvalue weighted by molar-refractivity contribution is 6.31. The number of pyridine rings is 1. The van der Waals surface area contributed by atoms with E-state index in [9.17, 15) is 14.4 Å². The molecule has 0 radical (unpaired) electrons. The highest BCUT2D eigenvalue weighted by Gasteiger charge is 2.62. The molecule has 1 aromatic heterocycles. The zero-order valence-electron chi connectivity index (χ0n) is 21.5. The molecule has 0 bridgehead atoms. The molecule has 1 aliphatic carbocycles. The van der Waals surface area contributed by atoms with E-state index >= 15 is 0 Å². The Morgan fingerprint density at radius 3 is 2.70 bits per heavy atom. The smallest absolute Gasteiger partial charge is 0.411 e. The molecule has 2 heterocycles. The van der Waals surface area contributed by atoms with Gasteiger partial charge in [0, 0.05) is 28.9 Å². The fourth-order valence-electron chi connectivity index (χ4n) is 4.60. The Labute approximate surface area is 221 Å². The summed E-state index contributed by atoms with van der Waals surface area (Å²) in [5.41, 5.74) is -1.26. The van der Waals surface area contributed by atoms with Crippen molar-refractivity contribution in [2.24, 2.45) is 5.92 Å². The lowest BCUT2D eigenvalue weighted by Gasteiger charge is -2.28. The van der Waals surface area contributed by atoms with E-state index in [1.54, 1.807) is 58.2 Å². The van der Waals surface area contributed by atoms with Gasteiger partial charge in [-0.2, -0.15) is 0 Å². The van der Waals surface area contributed by atoms with Crippen molar-refractivity contribution in [3.05, 3.63) is 48.1 Å². The molecular formula is C27H32ClN3O6. The molecule has 2 fully saturated rings. The van der Waals surface area contributed by atoms with E-state index in [4.69, 9.17) is 25.8 Å². The van der Waals surface area contributed by atoms with Crippen LogP contribution < -0.4 is 10.1 Å². The largest absolute Gasteiger partial charge is 0.488 e. The minimum Gasteiger partial charge on any atom is -0.488 e. The van der Waals surface area contributed by atoms with Crippen LogP contribution in [0.3, 0.4) is 0 Å². The van der Waals surface area contributed by atoms with Gasteiger partial charge in [-0.15, -0.1) is 6.58 Å². The number of nitrogens with zero attached hydrogens (tertiary/aromatic N) is 2. The number of likely N-dealkylation sites (tertiary alicyclic amines) is 1. The Kier molecular flexibility index (Phi) is 7.37. The molecule has 2 amide bonds. The van der Waals surface area contributed by atoms with Gasteiger partial charge in [0.2, 0.25) is 5.91 Å². The third-order valence-corrected chi connectivity index (χ3v) is 6.67. The number of hydrogen-bond acceptors (Lipinski definition) is 7. The summed E-state index contributed by atoms with van der Waals surface area (Å²) in [4.78, 5) is 45.0. The number of carbonyl (C=O) groups is 3. The maximum atomic E-state index is 13.5. The second-order valence-electron chi connectivity index (χ2n) is 10.3. The van der Waals surface area contributed by atoms with Gasteiger partial charge in [-0.3, -0.25) is 14.7 Å². The minimum atomic E-state index is -1.17. The number of aromatic nitrogens is 1. The maximum absolute atomic E-state index is 13.5. The molecule has 1 N–H and O–H groups in total. The molecule has 1 saturated heterocycles. The zero-order chi connectivity index (χ0) is 27.0. The molecule has 2 aromatic rings. The van der Waals surface area contributed by atoms with Crippen LogP contribution in [0.2, 0.25) is 5.02 Å². The van der Waals surface area contributed by atoms with Gasteiger partial charge in [0.25, 0.3) is 0 Å². The second-order valence-corrected chi connectivity index (χ2v) is 10.8. The number of esters is 1. The van der Waals surface area contributed by atoms with E-state index in [0.717, 1.165) is 5.39 Å². The predicted octanol–water partition coefficient (Wildman–Crippen LogP) is 4.27. The SMILES string of the molecule is C=C[C@H]1C[C@@]1(NC(=O)[C@@H]1CC(Oc2ccnc3cc(Cl)ccc23)CN1C(=O)OC(C)(C)C)C(=O)OCC. The van der Waals surface area contributed by atoms with Crippen molar-refractivity contribution in [3.63, 3.8) is 0 Å². The average Bonchev–Trinajstić information content (AvgIpc) is 3.37. The summed E-state index contributed by atoms with van der Waals surface area (Å²) in [5.74, 6) is -0.659. The number of benzene rings is 1. The lowest BCUT2D eigenvalue weighted by atomic mass is 10.1. The first kappa shape index (κ1) is 26.7. The molecular weight excluding hydrogens is 498 g/mol. The van der Waals surface area contributed by atoms with E-state index < -0.39 is 41.3 Å². The van der Waals surface area contributed by atoms with Crippen molar-refractivity contribution in [1.82, 2.24) is 15.2 Å². The highest BCUT2D eigenvalue weighted by atomic mass is 35.5. The molecule has 10 heteroatoms. The van der Waals surface area contributed by atoms with Crippen molar-refractivity contribution in [2.75, 3.05) is 13.2 Å². The van der Waals surface area contributed by atoms with Crippen molar-refractivity contribution in [3.8, 4) is 5.75 Å². The van der Waals surface area contributed by atoms with Crippen LogP contribution in [0.1, 0.15) is 40.5 Å². The summed E-state index contributed by atoms with van der Waals surface area (Å²) < 4.78 is 17.1. The van der Waals surface area contributed by atoms with Gasteiger partial charge in [0.1, 0.15) is 29.0 Å². The standard InChI is InChI=1S/C27H32ClN3O6/c1-6-16-14-27(16,24(33)35-7-2)30-23(32)21-13-18(15-31(21)25(34)37-26(3,4)5)36-22-10-11-29-20-12-17(28)8-9-19(20)22/h6,8-12,16,18,21H,1,7,13-15H2,2-5H3,(H,30,32)/t16-,18?,21-,27-/m0/s1. The van der Waals surface area contributed by atoms with E-state index in [1.165, 1.54) is 4.90 Å². The summed E-state index contributed by atoms with van der Waals surface area (Å²) in [6.45, 7) is 11.1. The first-order valence-electron chi connectivity index (χ1n) is 12.3. The van der Waals surface area contributed by atoms with Crippen molar-refractivity contribution in [1.29, 1.82) is 0 Å². The fourth-order valence-corrected chi connectivity index (χ4v) is 4.76. The Morgan fingerprint density at radius 2 is 2.05 bits per heavy atom. The molecule has 4 atom stereocenters. The summed E-state index contributed by atoms with van der Waals surface area (Å²) in [6.07, 6.45) is 2.71. The van der Waals surface area contributed by atoms with Crippen LogP contribution in [0.5, 0.6) is 5.75 Å². The van der Waals surface area contributed by atoms with Crippen LogP contribution in [0, 0.1) is 5.92 Å². The van der Waals surface area contributed by atoms with Gasteiger partial charge in [-0.05, 0) is 58.4 Å². The van der Waals surface area contributed by atoms with Gasteiger partial charge in [0.05, 0.1) is 18.7 Å². The average molecular weight is 530 g/mol. The molecule has 1 aliphatic heterocycles. The zero-order valence-corrected chi connectivity index (χ0v) is 22.2. The van der Waals surface area contributed by atoms with Crippen LogP contribution in [0.25, 0.3) is 10.9 Å². The lowest BCUT2D eigenvalue weighted by molar-refractivity contribution is -0.149. The first-order chi connectivity index (χ1) is 17.5. The number of hydrogen-bond donors (Lipinski definition) is 1. The molecule has 2 aliphatic rings. The first-order valence-corrected chi connectivity index (χ1v) is 12.7. The molecule has 37 heavy (non-hydrogen) atoms. The third kappa shape index (κ3) is 5.66. The predicted molar refractivity (Wildman–Crippen MR) is 138 cm³/mol. The number of ether oxygens (including phenoxy) is 3. The quantitative estimate of drug-likeness (QED) is 0.421. The topological polar surface area (TPSA) is 107 Å². The Balaban J connectivity index is 1.57.